The Hall–Kier alpha value is -3.38. The first kappa shape index (κ1) is 16.1. The number of benzene rings is 2. The van der Waals surface area contributed by atoms with E-state index in [1.807, 2.05) is 30.3 Å². The zero-order chi connectivity index (χ0) is 18.1. The topological polar surface area (TPSA) is 84.3 Å². The summed E-state index contributed by atoms with van der Waals surface area (Å²) in [5.74, 6) is -0.121. The number of pyridine rings is 1. The molecule has 0 unspecified atom stereocenters. The molecule has 26 heavy (non-hydrogen) atoms. The fraction of sp³-hybridized carbons (Fsp3) is 0.100. The Labute approximate surface area is 148 Å². The highest BCUT2D eigenvalue weighted by molar-refractivity contribution is 6.05. The molecule has 4 aromatic rings. The quantitative estimate of drug-likeness (QED) is 0.589. The highest BCUT2D eigenvalue weighted by Gasteiger charge is 2.13. The van der Waals surface area contributed by atoms with Gasteiger partial charge in [0.2, 0.25) is 5.56 Å². The van der Waals surface area contributed by atoms with Gasteiger partial charge in [-0.15, -0.1) is 0 Å². The summed E-state index contributed by atoms with van der Waals surface area (Å²) in [5.41, 5.74) is 2.43. The van der Waals surface area contributed by atoms with Gasteiger partial charge in [0.1, 0.15) is 5.58 Å². The first-order chi connectivity index (χ1) is 12.6. The molecule has 0 saturated heterocycles. The number of anilines is 1. The maximum Gasteiger partial charge on any atom is 0.291 e. The van der Waals surface area contributed by atoms with E-state index < -0.39 is 0 Å². The van der Waals surface area contributed by atoms with Gasteiger partial charge in [-0.25, -0.2) is 0 Å². The number of carbonyl (C=O) groups excluding carboxylic acids is 1. The Morgan fingerprint density at radius 3 is 2.81 bits per heavy atom. The predicted octanol–water partition coefficient (Wildman–Crippen LogP) is 3.67. The van der Waals surface area contributed by atoms with Crippen molar-refractivity contribution in [1.29, 1.82) is 0 Å². The molecule has 2 aromatic heterocycles. The standard InChI is InChI=1S/C20H16N2O4/c1-25-11-13-9-19(23)22-16-10-14(6-7-15(13)16)21-20(24)18-8-12-4-2-3-5-17(12)26-18/h2-10H,11H2,1H3,(H,21,24)(H,22,23). The van der Waals surface area contributed by atoms with E-state index in [4.69, 9.17) is 9.15 Å². The van der Waals surface area contributed by atoms with E-state index in [1.165, 1.54) is 6.07 Å². The maximum absolute atomic E-state index is 12.5. The number of carbonyl (C=O) groups is 1. The summed E-state index contributed by atoms with van der Waals surface area (Å²) in [5, 5.41) is 4.53. The first-order valence-corrected chi connectivity index (χ1v) is 8.09. The van der Waals surface area contributed by atoms with Crippen LogP contribution in [0, 0.1) is 0 Å². The molecule has 0 aliphatic rings. The van der Waals surface area contributed by atoms with Gasteiger partial charge in [0, 0.05) is 29.6 Å². The molecule has 0 radical (unpaired) electrons. The van der Waals surface area contributed by atoms with E-state index in [1.54, 1.807) is 25.3 Å². The third-order valence-corrected chi connectivity index (χ3v) is 4.14. The number of hydrogen-bond donors (Lipinski definition) is 2. The molecule has 0 fully saturated rings. The monoisotopic (exact) mass is 348 g/mol. The van der Waals surface area contributed by atoms with Gasteiger partial charge >= 0.3 is 0 Å². The van der Waals surface area contributed by atoms with Crippen molar-refractivity contribution in [1.82, 2.24) is 4.98 Å². The summed E-state index contributed by atoms with van der Waals surface area (Å²) in [4.78, 5) is 27.1. The van der Waals surface area contributed by atoms with E-state index in [0.29, 0.717) is 23.4 Å². The second-order valence-corrected chi connectivity index (χ2v) is 5.95. The molecular weight excluding hydrogens is 332 g/mol. The number of rotatable bonds is 4. The van der Waals surface area contributed by atoms with Crippen LogP contribution in [0.4, 0.5) is 5.69 Å². The van der Waals surface area contributed by atoms with Crippen LogP contribution >= 0.6 is 0 Å². The lowest BCUT2D eigenvalue weighted by molar-refractivity contribution is 0.0998. The number of aromatic nitrogens is 1. The number of furan rings is 1. The zero-order valence-corrected chi connectivity index (χ0v) is 14.0. The van der Waals surface area contributed by atoms with Gasteiger partial charge in [0.15, 0.2) is 5.76 Å². The number of fused-ring (bicyclic) bond motifs is 2. The average molecular weight is 348 g/mol. The minimum absolute atomic E-state index is 0.217. The lowest BCUT2D eigenvalue weighted by atomic mass is 10.1. The molecule has 0 spiro atoms. The van der Waals surface area contributed by atoms with Crippen LogP contribution in [-0.2, 0) is 11.3 Å². The van der Waals surface area contributed by atoms with Crippen LogP contribution in [0.15, 0.2) is 63.8 Å². The van der Waals surface area contributed by atoms with Crippen LogP contribution in [0.1, 0.15) is 16.1 Å². The molecule has 4 rings (SSSR count). The third kappa shape index (κ3) is 2.98. The number of nitrogens with one attached hydrogen (secondary N) is 2. The Balaban J connectivity index is 1.66. The number of hydrogen-bond acceptors (Lipinski definition) is 4. The second kappa shape index (κ2) is 6.50. The molecule has 0 aliphatic carbocycles. The van der Waals surface area contributed by atoms with Gasteiger partial charge in [-0.05, 0) is 29.8 Å². The highest BCUT2D eigenvalue weighted by Crippen LogP contribution is 2.23. The Bertz CT molecular complexity index is 1140. The van der Waals surface area contributed by atoms with E-state index in [-0.39, 0.29) is 17.2 Å². The lowest BCUT2D eigenvalue weighted by Crippen LogP contribution is -2.12. The van der Waals surface area contributed by atoms with E-state index in [9.17, 15) is 9.59 Å². The molecular formula is C20H16N2O4. The highest BCUT2D eigenvalue weighted by atomic mass is 16.5. The van der Waals surface area contributed by atoms with Crippen LogP contribution in [-0.4, -0.2) is 18.0 Å². The first-order valence-electron chi connectivity index (χ1n) is 8.09. The average Bonchev–Trinajstić information content (AvgIpc) is 3.06. The fourth-order valence-electron chi connectivity index (χ4n) is 2.97. The summed E-state index contributed by atoms with van der Waals surface area (Å²) in [6, 6.07) is 16.0. The molecule has 130 valence electrons. The van der Waals surface area contributed by atoms with E-state index in [2.05, 4.69) is 10.3 Å². The van der Waals surface area contributed by atoms with Gasteiger partial charge in [-0.3, -0.25) is 9.59 Å². The minimum atomic E-state index is -0.351. The van der Waals surface area contributed by atoms with Crippen LogP contribution in [0.5, 0.6) is 0 Å². The largest absolute Gasteiger partial charge is 0.451 e. The van der Waals surface area contributed by atoms with E-state index >= 15 is 0 Å². The lowest BCUT2D eigenvalue weighted by Gasteiger charge is -2.08. The molecule has 0 atom stereocenters. The number of aromatic amines is 1. The molecule has 2 aromatic carbocycles. The zero-order valence-electron chi connectivity index (χ0n) is 14.0. The van der Waals surface area contributed by atoms with Crippen molar-refractivity contribution in [2.45, 2.75) is 6.61 Å². The fourth-order valence-corrected chi connectivity index (χ4v) is 2.97. The summed E-state index contributed by atoms with van der Waals surface area (Å²) in [7, 11) is 1.58. The number of para-hydroxylation sites is 1. The van der Waals surface area contributed by atoms with Crippen molar-refractivity contribution in [2.24, 2.45) is 0 Å². The SMILES string of the molecule is COCc1cc(=O)[nH]c2cc(NC(=O)c3cc4ccccc4o3)ccc12. The van der Waals surface area contributed by atoms with Crippen molar-refractivity contribution < 1.29 is 13.9 Å². The summed E-state index contributed by atoms with van der Waals surface area (Å²) in [6.45, 7) is 0.338. The smallest absolute Gasteiger partial charge is 0.291 e. The van der Waals surface area contributed by atoms with Gasteiger partial charge in [0.25, 0.3) is 5.91 Å². The molecule has 0 aliphatic heterocycles. The van der Waals surface area contributed by atoms with Crippen LogP contribution in [0.2, 0.25) is 0 Å². The van der Waals surface area contributed by atoms with Crippen LogP contribution < -0.4 is 10.9 Å². The van der Waals surface area contributed by atoms with Crippen molar-refractivity contribution >= 4 is 33.5 Å². The Kier molecular flexibility index (Phi) is 4.02. The van der Waals surface area contributed by atoms with Gasteiger partial charge in [0.05, 0.1) is 12.1 Å². The molecule has 6 nitrogen and oxygen atoms in total. The minimum Gasteiger partial charge on any atom is -0.451 e. The third-order valence-electron chi connectivity index (χ3n) is 4.14. The maximum atomic E-state index is 12.5. The summed E-state index contributed by atoms with van der Waals surface area (Å²) < 4.78 is 10.7. The molecule has 0 bridgehead atoms. The van der Waals surface area contributed by atoms with Crippen molar-refractivity contribution in [2.75, 3.05) is 12.4 Å². The molecule has 1 amide bonds. The Morgan fingerprint density at radius 2 is 2.00 bits per heavy atom. The van der Waals surface area contributed by atoms with Gasteiger partial charge in [-0.1, -0.05) is 24.3 Å². The molecule has 6 heteroatoms. The van der Waals surface area contributed by atoms with Crippen molar-refractivity contribution in [3.63, 3.8) is 0 Å². The summed E-state index contributed by atoms with van der Waals surface area (Å²) >= 11 is 0. The van der Waals surface area contributed by atoms with Crippen LogP contribution in [0.25, 0.3) is 21.9 Å². The van der Waals surface area contributed by atoms with Crippen molar-refractivity contribution in [3.05, 3.63) is 76.3 Å². The van der Waals surface area contributed by atoms with Crippen molar-refractivity contribution in [3.8, 4) is 0 Å². The molecule has 2 N–H and O–H groups in total. The van der Waals surface area contributed by atoms with Gasteiger partial charge < -0.3 is 19.5 Å². The molecule has 2 heterocycles. The molecule has 0 saturated carbocycles. The predicted molar refractivity (Wildman–Crippen MR) is 99.4 cm³/mol. The number of amides is 1. The van der Waals surface area contributed by atoms with Crippen LogP contribution in [0.3, 0.4) is 0 Å². The number of methoxy groups -OCH3 is 1. The normalized spacial score (nSPS) is 11.1. The summed E-state index contributed by atoms with van der Waals surface area (Å²) in [6.07, 6.45) is 0. The van der Waals surface area contributed by atoms with Gasteiger partial charge in [-0.2, -0.15) is 0 Å². The number of H-pyrrole nitrogens is 1. The number of ether oxygens (including phenoxy) is 1. The Morgan fingerprint density at radius 1 is 1.15 bits per heavy atom. The van der Waals surface area contributed by atoms with E-state index in [0.717, 1.165) is 16.3 Å². The second-order valence-electron chi connectivity index (χ2n) is 5.95.